The van der Waals surface area contributed by atoms with E-state index in [0.29, 0.717) is 0 Å². The summed E-state index contributed by atoms with van der Waals surface area (Å²) < 4.78 is 0. The maximum Gasteiger partial charge on any atom is 0.187 e. The summed E-state index contributed by atoms with van der Waals surface area (Å²) in [5.41, 5.74) is 5.68. The van der Waals surface area contributed by atoms with Crippen molar-refractivity contribution >= 4 is 33.5 Å². The molecule has 0 fully saturated rings. The Balaban J connectivity index is 1.91. The molecule has 2 heterocycles. The number of thiazole rings is 2. The van der Waals surface area contributed by atoms with Gasteiger partial charge in [0, 0.05) is 11.1 Å². The van der Waals surface area contributed by atoms with Gasteiger partial charge in [0.1, 0.15) is 0 Å². The molecule has 0 aliphatic carbocycles. The van der Waals surface area contributed by atoms with E-state index in [1.807, 2.05) is 13.8 Å². The van der Waals surface area contributed by atoms with E-state index < -0.39 is 0 Å². The van der Waals surface area contributed by atoms with Gasteiger partial charge in [0.15, 0.2) is 5.13 Å². The predicted octanol–water partition coefficient (Wildman–Crippen LogP) is 5.24. The van der Waals surface area contributed by atoms with Crippen molar-refractivity contribution in [3.63, 3.8) is 0 Å². The van der Waals surface area contributed by atoms with Crippen LogP contribution in [0.2, 0.25) is 0 Å². The van der Waals surface area contributed by atoms with Gasteiger partial charge in [-0.25, -0.2) is 9.97 Å². The highest BCUT2D eigenvalue weighted by molar-refractivity contribution is 7.16. The number of rotatable bonds is 3. The number of benzene rings is 1. The topological polar surface area (TPSA) is 37.8 Å². The average molecular weight is 315 g/mol. The Bertz CT molecular complexity index is 766. The van der Waals surface area contributed by atoms with Gasteiger partial charge >= 0.3 is 0 Å². The number of aromatic nitrogens is 2. The van der Waals surface area contributed by atoms with Crippen LogP contribution < -0.4 is 5.32 Å². The fourth-order valence-electron chi connectivity index (χ4n) is 2.32. The molecule has 0 bridgehead atoms. The van der Waals surface area contributed by atoms with Crippen LogP contribution >= 0.6 is 22.7 Å². The normalized spacial score (nSPS) is 10.9. The van der Waals surface area contributed by atoms with Gasteiger partial charge in [-0.1, -0.05) is 18.2 Å². The molecule has 0 saturated carbocycles. The molecule has 21 heavy (non-hydrogen) atoms. The zero-order valence-electron chi connectivity index (χ0n) is 12.5. The van der Waals surface area contributed by atoms with Crippen molar-refractivity contribution in [3.8, 4) is 10.6 Å². The third-order valence-corrected chi connectivity index (χ3v) is 5.21. The van der Waals surface area contributed by atoms with Gasteiger partial charge in [-0.2, -0.15) is 0 Å². The van der Waals surface area contributed by atoms with Crippen LogP contribution in [0.1, 0.15) is 21.8 Å². The number of nitrogens with one attached hydrogen (secondary N) is 1. The second kappa shape index (κ2) is 5.58. The lowest BCUT2D eigenvalue weighted by atomic mass is 10.1. The smallest absolute Gasteiger partial charge is 0.187 e. The lowest BCUT2D eigenvalue weighted by Crippen LogP contribution is -1.95. The van der Waals surface area contributed by atoms with Crippen LogP contribution in [0, 0.1) is 27.7 Å². The zero-order valence-corrected chi connectivity index (χ0v) is 14.2. The molecule has 5 heteroatoms. The first-order valence-corrected chi connectivity index (χ1v) is 8.47. The number of para-hydroxylation sites is 1. The lowest BCUT2D eigenvalue weighted by molar-refractivity contribution is 1.20. The standard InChI is InChI=1S/C16H17N3S2/c1-9-6-5-7-10(2)14(9)19-16-18-13(8-20-16)15-11(3)17-12(4)21-15/h5-8H,1-4H3,(H,18,19). The molecule has 0 unspecified atom stereocenters. The van der Waals surface area contributed by atoms with E-state index in [-0.39, 0.29) is 0 Å². The SMILES string of the molecule is Cc1nc(C)c(-c2csc(Nc3c(C)cccc3C)n2)s1. The third kappa shape index (κ3) is 2.84. The average Bonchev–Trinajstić information content (AvgIpc) is 3.00. The Kier molecular flexibility index (Phi) is 3.78. The Labute approximate surface area is 132 Å². The second-order valence-electron chi connectivity index (χ2n) is 5.08. The highest BCUT2D eigenvalue weighted by Gasteiger charge is 2.12. The molecule has 108 valence electrons. The Morgan fingerprint density at radius 3 is 2.33 bits per heavy atom. The molecule has 0 aliphatic heterocycles. The second-order valence-corrected chi connectivity index (χ2v) is 7.14. The molecule has 3 nitrogen and oxygen atoms in total. The number of hydrogen-bond acceptors (Lipinski definition) is 5. The van der Waals surface area contributed by atoms with Crippen LogP contribution in [0.4, 0.5) is 10.8 Å². The van der Waals surface area contributed by atoms with Crippen molar-refractivity contribution < 1.29 is 0 Å². The number of aryl methyl sites for hydroxylation is 4. The highest BCUT2D eigenvalue weighted by Crippen LogP contribution is 2.33. The minimum absolute atomic E-state index is 0.924. The number of anilines is 2. The van der Waals surface area contributed by atoms with Gasteiger partial charge < -0.3 is 5.32 Å². The van der Waals surface area contributed by atoms with Gasteiger partial charge in [-0.05, 0) is 38.8 Å². The summed E-state index contributed by atoms with van der Waals surface area (Å²) in [4.78, 5) is 10.3. The molecule has 0 saturated heterocycles. The minimum Gasteiger partial charge on any atom is -0.331 e. The maximum absolute atomic E-state index is 4.71. The van der Waals surface area contributed by atoms with E-state index in [4.69, 9.17) is 4.98 Å². The quantitative estimate of drug-likeness (QED) is 0.718. The van der Waals surface area contributed by atoms with E-state index in [1.54, 1.807) is 22.7 Å². The molecule has 0 amide bonds. The molecule has 1 N–H and O–H groups in total. The monoisotopic (exact) mass is 315 g/mol. The van der Waals surface area contributed by atoms with E-state index >= 15 is 0 Å². The molecule has 0 spiro atoms. The summed E-state index contributed by atoms with van der Waals surface area (Å²) in [6.45, 7) is 8.29. The van der Waals surface area contributed by atoms with Crippen molar-refractivity contribution in [2.75, 3.05) is 5.32 Å². The first-order valence-electron chi connectivity index (χ1n) is 6.78. The van der Waals surface area contributed by atoms with Gasteiger partial charge in [0.25, 0.3) is 0 Å². The first kappa shape index (κ1) is 14.2. The van der Waals surface area contributed by atoms with E-state index in [2.05, 4.69) is 47.7 Å². The van der Waals surface area contributed by atoms with Crippen LogP contribution in [0.15, 0.2) is 23.6 Å². The fourth-order valence-corrected chi connectivity index (χ4v) is 3.98. The largest absolute Gasteiger partial charge is 0.331 e. The molecular formula is C16H17N3S2. The van der Waals surface area contributed by atoms with Crippen LogP contribution in [-0.2, 0) is 0 Å². The van der Waals surface area contributed by atoms with Crippen molar-refractivity contribution in [2.24, 2.45) is 0 Å². The van der Waals surface area contributed by atoms with E-state index in [0.717, 1.165) is 27.2 Å². The predicted molar refractivity (Wildman–Crippen MR) is 91.9 cm³/mol. The highest BCUT2D eigenvalue weighted by atomic mass is 32.1. The summed E-state index contributed by atoms with van der Waals surface area (Å²) in [6.07, 6.45) is 0. The molecule has 2 aromatic heterocycles. The molecule has 3 rings (SSSR count). The van der Waals surface area contributed by atoms with Gasteiger partial charge in [0.2, 0.25) is 0 Å². The molecule has 0 aliphatic rings. The summed E-state index contributed by atoms with van der Waals surface area (Å²) in [7, 11) is 0. The minimum atomic E-state index is 0.924. The summed E-state index contributed by atoms with van der Waals surface area (Å²) >= 11 is 3.33. The molecular weight excluding hydrogens is 298 g/mol. The Morgan fingerprint density at radius 2 is 1.71 bits per heavy atom. The van der Waals surface area contributed by atoms with E-state index in [9.17, 15) is 0 Å². The molecule has 0 radical (unpaired) electrons. The van der Waals surface area contributed by atoms with E-state index in [1.165, 1.54) is 16.0 Å². The van der Waals surface area contributed by atoms with Crippen LogP contribution in [0.25, 0.3) is 10.6 Å². The Hall–Kier alpha value is -1.72. The molecule has 0 atom stereocenters. The Morgan fingerprint density at radius 1 is 1.00 bits per heavy atom. The maximum atomic E-state index is 4.71. The first-order chi connectivity index (χ1) is 10.0. The molecule has 3 aromatic rings. The van der Waals surface area contributed by atoms with Gasteiger partial charge in [-0.15, -0.1) is 22.7 Å². The fraction of sp³-hybridized carbons (Fsp3) is 0.250. The summed E-state index contributed by atoms with van der Waals surface area (Å²) in [6, 6.07) is 6.30. The van der Waals surface area contributed by atoms with Crippen LogP contribution in [0.3, 0.4) is 0 Å². The van der Waals surface area contributed by atoms with Gasteiger partial charge in [-0.3, -0.25) is 0 Å². The van der Waals surface area contributed by atoms with Crippen molar-refractivity contribution in [2.45, 2.75) is 27.7 Å². The van der Waals surface area contributed by atoms with Crippen LogP contribution in [0.5, 0.6) is 0 Å². The number of hydrogen-bond donors (Lipinski definition) is 1. The van der Waals surface area contributed by atoms with Crippen molar-refractivity contribution in [3.05, 3.63) is 45.4 Å². The van der Waals surface area contributed by atoms with Crippen molar-refractivity contribution in [1.29, 1.82) is 0 Å². The third-order valence-electron chi connectivity index (χ3n) is 3.35. The number of nitrogens with zero attached hydrogens (tertiary/aromatic N) is 2. The van der Waals surface area contributed by atoms with Crippen molar-refractivity contribution in [1.82, 2.24) is 9.97 Å². The zero-order chi connectivity index (χ0) is 15.0. The lowest BCUT2D eigenvalue weighted by Gasteiger charge is -2.09. The summed E-state index contributed by atoms with van der Waals surface area (Å²) in [5, 5.41) is 7.55. The summed E-state index contributed by atoms with van der Waals surface area (Å²) in [5.74, 6) is 0. The molecule has 1 aromatic carbocycles. The van der Waals surface area contributed by atoms with Gasteiger partial charge in [0.05, 0.1) is 21.3 Å². The van der Waals surface area contributed by atoms with Crippen LogP contribution in [-0.4, -0.2) is 9.97 Å².